The van der Waals surface area contributed by atoms with Gasteiger partial charge in [0.15, 0.2) is 5.82 Å². The third-order valence-electron chi connectivity index (χ3n) is 3.78. The van der Waals surface area contributed by atoms with Gasteiger partial charge >= 0.3 is 6.09 Å². The van der Waals surface area contributed by atoms with Gasteiger partial charge in [-0.15, -0.1) is 0 Å². The van der Waals surface area contributed by atoms with Gasteiger partial charge in [-0.25, -0.2) is 9.18 Å². The van der Waals surface area contributed by atoms with E-state index in [2.05, 4.69) is 10.3 Å². The molecule has 0 radical (unpaired) electrons. The van der Waals surface area contributed by atoms with Gasteiger partial charge in [0.05, 0.1) is 17.4 Å². The molecule has 0 aliphatic carbocycles. The summed E-state index contributed by atoms with van der Waals surface area (Å²) in [6.45, 7) is 2.67. The van der Waals surface area contributed by atoms with Crippen LogP contribution in [0.4, 0.5) is 14.9 Å². The molecule has 0 atom stereocenters. The molecule has 6 nitrogen and oxygen atoms in total. The van der Waals surface area contributed by atoms with Gasteiger partial charge in [-0.2, -0.15) is 0 Å². The van der Waals surface area contributed by atoms with Crippen molar-refractivity contribution in [2.45, 2.75) is 13.3 Å². The summed E-state index contributed by atoms with van der Waals surface area (Å²) in [5.41, 5.74) is 1.34. The topological polar surface area (TPSA) is 59.4 Å². The number of amides is 1. The zero-order chi connectivity index (χ0) is 17.8. The van der Waals surface area contributed by atoms with Crippen LogP contribution in [0.15, 0.2) is 48.9 Å². The molecule has 0 aliphatic heterocycles. The van der Waals surface area contributed by atoms with E-state index < -0.39 is 6.09 Å². The maximum Gasteiger partial charge on any atom is 0.412 e. The third-order valence-corrected chi connectivity index (χ3v) is 3.78. The summed E-state index contributed by atoms with van der Waals surface area (Å²) in [4.78, 5) is 15.2. The van der Waals surface area contributed by atoms with Crippen molar-refractivity contribution in [3.63, 3.8) is 0 Å². The number of benzene rings is 1. The van der Waals surface area contributed by atoms with Crippen molar-refractivity contribution in [1.82, 2.24) is 15.0 Å². The average Bonchev–Trinajstić information content (AvgIpc) is 3.03. The summed E-state index contributed by atoms with van der Waals surface area (Å²) in [6, 6.07) is 8.87. The zero-order valence-corrected chi connectivity index (χ0v) is 14.1. The number of rotatable bonds is 5. The number of hydrogen-bond donors (Lipinski definition) is 1. The molecule has 3 aromatic rings. The van der Waals surface area contributed by atoms with E-state index in [9.17, 15) is 9.18 Å². The molecule has 0 saturated heterocycles. The van der Waals surface area contributed by atoms with Crippen molar-refractivity contribution < 1.29 is 13.9 Å². The Kier molecular flexibility index (Phi) is 4.83. The Morgan fingerprint density at radius 1 is 1.36 bits per heavy atom. The monoisotopic (exact) mass is 342 g/mol. The van der Waals surface area contributed by atoms with Crippen molar-refractivity contribution in [2.24, 2.45) is 0 Å². The average molecular weight is 342 g/mol. The van der Waals surface area contributed by atoms with Gasteiger partial charge in [-0.05, 0) is 36.8 Å². The van der Waals surface area contributed by atoms with Gasteiger partial charge in [0.2, 0.25) is 0 Å². The van der Waals surface area contributed by atoms with Crippen LogP contribution in [-0.4, -0.2) is 29.3 Å². The molecule has 2 aromatic heterocycles. The van der Waals surface area contributed by atoms with Crippen LogP contribution in [0.1, 0.15) is 13.3 Å². The second-order valence-electron chi connectivity index (χ2n) is 5.47. The number of fused-ring (bicyclic) bond motifs is 1. The molecule has 25 heavy (non-hydrogen) atoms. The molecule has 0 saturated carbocycles. The van der Waals surface area contributed by atoms with Gasteiger partial charge in [-0.3, -0.25) is 14.7 Å². The Bertz CT molecular complexity index is 894. The number of ether oxygens (including phenoxy) is 1. The van der Waals surface area contributed by atoms with E-state index in [1.54, 1.807) is 24.4 Å². The lowest BCUT2D eigenvalue weighted by Gasteiger charge is -2.26. The maximum atomic E-state index is 14.2. The minimum atomic E-state index is -0.523. The lowest BCUT2D eigenvalue weighted by Crippen LogP contribution is -2.30. The Hall–Kier alpha value is -3.09. The van der Waals surface area contributed by atoms with E-state index in [1.807, 2.05) is 34.9 Å². The number of aromatic nitrogens is 2. The lowest BCUT2D eigenvalue weighted by molar-refractivity contribution is 0.203. The molecule has 1 amide bonds. The highest BCUT2D eigenvalue weighted by Crippen LogP contribution is 2.26. The maximum absolute atomic E-state index is 14.2. The number of halogens is 1. The first-order chi connectivity index (χ1) is 12.1. The molecule has 1 N–H and O–H groups in total. The Labute approximate surface area is 144 Å². The van der Waals surface area contributed by atoms with Crippen LogP contribution in [-0.2, 0) is 0 Å². The molecule has 0 unspecified atom stereocenters. The summed E-state index contributed by atoms with van der Waals surface area (Å²) < 4.78 is 21.3. The zero-order valence-electron chi connectivity index (χ0n) is 14.1. The Morgan fingerprint density at radius 3 is 2.92 bits per heavy atom. The van der Waals surface area contributed by atoms with E-state index >= 15 is 0 Å². The molecule has 0 bridgehead atoms. The summed E-state index contributed by atoms with van der Waals surface area (Å²) >= 11 is 0. The number of carbonyl (C=O) groups excluding carboxylic acids is 1. The molecule has 3 rings (SSSR count). The molecule has 1 aromatic carbocycles. The summed E-state index contributed by atoms with van der Waals surface area (Å²) in [7, 11) is 1.50. The van der Waals surface area contributed by atoms with Crippen molar-refractivity contribution >= 4 is 22.7 Å². The molecule has 130 valence electrons. The number of nitrogens with one attached hydrogen (secondary N) is 1. The van der Waals surface area contributed by atoms with Crippen molar-refractivity contribution in [3.8, 4) is 5.75 Å². The largest absolute Gasteiger partial charge is 0.412 e. The SMILES string of the molecule is CCCN(c1ccncc1F)n1ccc2cc(OC(=O)NC)ccc21. The molecule has 2 heterocycles. The molecule has 0 aliphatic rings. The normalized spacial score (nSPS) is 10.7. The molecular weight excluding hydrogens is 323 g/mol. The van der Waals surface area contributed by atoms with Gasteiger partial charge in [0.25, 0.3) is 0 Å². The highest BCUT2D eigenvalue weighted by molar-refractivity contribution is 5.83. The van der Waals surface area contributed by atoms with Gasteiger partial charge < -0.3 is 10.1 Å². The molecule has 0 fully saturated rings. The van der Waals surface area contributed by atoms with Crippen LogP contribution in [0, 0.1) is 5.82 Å². The first kappa shape index (κ1) is 16.8. The number of nitrogens with zero attached hydrogens (tertiary/aromatic N) is 3. The van der Waals surface area contributed by atoms with Crippen molar-refractivity contribution in [3.05, 3.63) is 54.7 Å². The lowest BCUT2D eigenvalue weighted by atomic mass is 10.2. The summed E-state index contributed by atoms with van der Waals surface area (Å²) in [6.07, 6.45) is 4.97. The smallest absolute Gasteiger partial charge is 0.410 e. The fraction of sp³-hybridized carbons (Fsp3) is 0.222. The van der Waals surface area contributed by atoms with E-state index in [0.717, 1.165) is 17.3 Å². The van der Waals surface area contributed by atoms with Crippen LogP contribution in [0.3, 0.4) is 0 Å². The first-order valence-electron chi connectivity index (χ1n) is 8.02. The van der Waals surface area contributed by atoms with Crippen LogP contribution in [0.5, 0.6) is 5.75 Å². The van der Waals surface area contributed by atoms with Crippen LogP contribution < -0.4 is 15.1 Å². The highest BCUT2D eigenvalue weighted by Gasteiger charge is 2.15. The second kappa shape index (κ2) is 7.21. The fourth-order valence-electron chi connectivity index (χ4n) is 2.67. The van der Waals surface area contributed by atoms with E-state index in [1.165, 1.54) is 13.2 Å². The third kappa shape index (κ3) is 3.40. The molecular formula is C18H19FN4O2. The minimum Gasteiger partial charge on any atom is -0.410 e. The molecule has 7 heteroatoms. The Morgan fingerprint density at radius 2 is 2.20 bits per heavy atom. The predicted molar refractivity (Wildman–Crippen MR) is 94.3 cm³/mol. The number of pyridine rings is 1. The number of carbonyl (C=O) groups is 1. The number of hydrogen-bond acceptors (Lipinski definition) is 4. The van der Waals surface area contributed by atoms with Crippen LogP contribution in [0.2, 0.25) is 0 Å². The Balaban J connectivity index is 2.01. The highest BCUT2D eigenvalue weighted by atomic mass is 19.1. The molecule has 0 spiro atoms. The minimum absolute atomic E-state index is 0.377. The number of anilines is 1. The van der Waals surface area contributed by atoms with Gasteiger partial charge in [0, 0.05) is 31.4 Å². The van der Waals surface area contributed by atoms with Crippen LogP contribution >= 0.6 is 0 Å². The standard InChI is InChI=1S/C18H19FN4O2/c1-3-9-22(17-6-8-21-12-15(17)19)23-10-7-13-11-14(4-5-16(13)23)25-18(24)20-2/h4-8,10-12H,3,9H2,1-2H3,(H,20,24). The second-order valence-corrected chi connectivity index (χ2v) is 5.47. The van der Waals surface area contributed by atoms with E-state index in [4.69, 9.17) is 4.74 Å². The fourth-order valence-corrected chi connectivity index (χ4v) is 2.67. The summed E-state index contributed by atoms with van der Waals surface area (Å²) in [5.74, 6) is 0.0686. The van der Waals surface area contributed by atoms with Crippen LogP contribution in [0.25, 0.3) is 10.9 Å². The predicted octanol–water partition coefficient (Wildman–Crippen LogP) is 3.57. The van der Waals surface area contributed by atoms with Gasteiger partial charge in [-0.1, -0.05) is 6.92 Å². The van der Waals surface area contributed by atoms with Gasteiger partial charge in [0.1, 0.15) is 5.75 Å². The van der Waals surface area contributed by atoms with E-state index in [0.29, 0.717) is 18.0 Å². The first-order valence-corrected chi connectivity index (χ1v) is 8.02. The summed E-state index contributed by atoms with van der Waals surface area (Å²) in [5, 5.41) is 5.15. The van der Waals surface area contributed by atoms with Crippen molar-refractivity contribution in [1.29, 1.82) is 0 Å². The quantitative estimate of drug-likeness (QED) is 0.770. The van der Waals surface area contributed by atoms with E-state index in [-0.39, 0.29) is 5.82 Å². The van der Waals surface area contributed by atoms with Crippen molar-refractivity contribution in [2.75, 3.05) is 18.6 Å².